The summed E-state index contributed by atoms with van der Waals surface area (Å²) in [6.45, 7) is 0. The van der Waals surface area contributed by atoms with E-state index in [0.717, 1.165) is 23.9 Å². The van der Waals surface area contributed by atoms with Crippen molar-refractivity contribution in [2.45, 2.75) is 32.1 Å². The lowest BCUT2D eigenvalue weighted by atomic mass is 9.97. The number of nitrogens with one attached hydrogen (secondary N) is 2. The van der Waals surface area contributed by atoms with Crippen LogP contribution in [0.5, 0.6) is 0 Å². The first kappa shape index (κ1) is 12.0. The number of hydrogen-bond donors (Lipinski definition) is 2. The maximum absolute atomic E-state index is 11.9. The van der Waals surface area contributed by atoms with Crippen LogP contribution < -0.4 is 5.32 Å². The van der Waals surface area contributed by atoms with E-state index >= 15 is 0 Å². The molecule has 1 aromatic carbocycles. The Morgan fingerprint density at radius 2 is 2.21 bits per heavy atom. The lowest BCUT2D eigenvalue weighted by Gasteiger charge is -2.11. The summed E-state index contributed by atoms with van der Waals surface area (Å²) < 4.78 is 0. The van der Waals surface area contributed by atoms with E-state index in [1.165, 1.54) is 18.4 Å². The molecule has 0 fully saturated rings. The Balaban J connectivity index is 1.67. The molecule has 2 aromatic rings. The predicted molar refractivity (Wildman–Crippen MR) is 75.9 cm³/mol. The summed E-state index contributed by atoms with van der Waals surface area (Å²) in [5.74, 6) is 0.537. The van der Waals surface area contributed by atoms with Crippen LogP contribution in [0.15, 0.2) is 35.9 Å². The van der Waals surface area contributed by atoms with Gasteiger partial charge in [0.05, 0.1) is 11.0 Å². The zero-order chi connectivity index (χ0) is 13.1. The van der Waals surface area contributed by atoms with Gasteiger partial charge in [-0.2, -0.15) is 0 Å². The minimum atomic E-state index is 0.00667. The molecule has 4 nitrogen and oxygen atoms in total. The lowest BCUT2D eigenvalue weighted by Crippen LogP contribution is -2.13. The second-order valence-electron chi connectivity index (χ2n) is 4.94. The maximum Gasteiger partial charge on any atom is 0.230 e. The summed E-state index contributed by atoms with van der Waals surface area (Å²) in [6, 6.07) is 7.74. The van der Waals surface area contributed by atoms with Crippen LogP contribution in [0.4, 0.5) is 5.95 Å². The smallest absolute Gasteiger partial charge is 0.230 e. The van der Waals surface area contributed by atoms with Crippen LogP contribution in [0.3, 0.4) is 0 Å². The van der Waals surface area contributed by atoms with E-state index in [1.54, 1.807) is 0 Å². The summed E-state index contributed by atoms with van der Waals surface area (Å²) in [5, 5.41) is 2.83. The second-order valence-corrected chi connectivity index (χ2v) is 4.94. The Labute approximate surface area is 111 Å². The van der Waals surface area contributed by atoms with Crippen LogP contribution in [0.1, 0.15) is 32.1 Å². The van der Waals surface area contributed by atoms with Gasteiger partial charge in [-0.3, -0.25) is 10.1 Å². The van der Waals surface area contributed by atoms with Crippen molar-refractivity contribution in [3.63, 3.8) is 0 Å². The van der Waals surface area contributed by atoms with Crippen molar-refractivity contribution in [1.29, 1.82) is 0 Å². The van der Waals surface area contributed by atoms with Gasteiger partial charge in [-0.15, -0.1) is 0 Å². The summed E-state index contributed by atoms with van der Waals surface area (Å²) in [5.41, 5.74) is 3.06. The predicted octanol–water partition coefficient (Wildman–Crippen LogP) is 3.39. The van der Waals surface area contributed by atoms with Gasteiger partial charge in [0.1, 0.15) is 0 Å². The fourth-order valence-corrected chi connectivity index (χ4v) is 2.46. The summed E-state index contributed by atoms with van der Waals surface area (Å²) >= 11 is 0. The number of hydrogen-bond acceptors (Lipinski definition) is 2. The first-order valence-electron chi connectivity index (χ1n) is 6.74. The van der Waals surface area contributed by atoms with Crippen LogP contribution in [0, 0.1) is 0 Å². The second kappa shape index (κ2) is 5.26. The van der Waals surface area contributed by atoms with E-state index in [-0.39, 0.29) is 5.91 Å². The van der Waals surface area contributed by atoms with Gasteiger partial charge >= 0.3 is 0 Å². The molecular formula is C15H17N3O. The zero-order valence-electron chi connectivity index (χ0n) is 10.8. The molecule has 1 amide bonds. The first-order valence-corrected chi connectivity index (χ1v) is 6.74. The number of benzene rings is 1. The molecule has 1 aliphatic carbocycles. The molecule has 0 aliphatic heterocycles. The highest BCUT2D eigenvalue weighted by Crippen LogP contribution is 2.20. The number of H-pyrrole nitrogens is 1. The van der Waals surface area contributed by atoms with Crippen molar-refractivity contribution in [1.82, 2.24) is 9.97 Å². The van der Waals surface area contributed by atoms with Crippen molar-refractivity contribution < 1.29 is 4.79 Å². The number of aromatic nitrogens is 2. The summed E-state index contributed by atoms with van der Waals surface area (Å²) in [7, 11) is 0. The van der Waals surface area contributed by atoms with Crippen molar-refractivity contribution in [3.05, 3.63) is 35.9 Å². The number of para-hydroxylation sites is 2. The number of rotatable bonds is 3. The van der Waals surface area contributed by atoms with Crippen LogP contribution in [0.2, 0.25) is 0 Å². The number of aromatic amines is 1. The average molecular weight is 255 g/mol. The number of carbonyl (C=O) groups excluding carboxylic acids is 1. The van der Waals surface area contributed by atoms with Crippen molar-refractivity contribution in [3.8, 4) is 0 Å². The van der Waals surface area contributed by atoms with Gasteiger partial charge in [0.2, 0.25) is 11.9 Å². The Morgan fingerprint density at radius 1 is 1.32 bits per heavy atom. The molecular weight excluding hydrogens is 238 g/mol. The van der Waals surface area contributed by atoms with E-state index < -0.39 is 0 Å². The van der Waals surface area contributed by atoms with Gasteiger partial charge < -0.3 is 4.98 Å². The summed E-state index contributed by atoms with van der Waals surface area (Å²) in [6.07, 6.45) is 7.28. The lowest BCUT2D eigenvalue weighted by molar-refractivity contribution is -0.115. The molecule has 19 heavy (non-hydrogen) atoms. The van der Waals surface area contributed by atoms with Crippen LogP contribution in [0.25, 0.3) is 11.0 Å². The molecule has 1 aromatic heterocycles. The van der Waals surface area contributed by atoms with Crippen LogP contribution >= 0.6 is 0 Å². The van der Waals surface area contributed by atoms with E-state index in [1.807, 2.05) is 24.3 Å². The Kier molecular flexibility index (Phi) is 3.31. The number of amides is 1. The number of nitrogens with zero attached hydrogens (tertiary/aromatic N) is 1. The molecule has 0 radical (unpaired) electrons. The third-order valence-electron chi connectivity index (χ3n) is 3.42. The fraction of sp³-hybridized carbons (Fsp3) is 0.333. The Morgan fingerprint density at radius 3 is 3.00 bits per heavy atom. The number of imidazole rings is 1. The van der Waals surface area contributed by atoms with Gasteiger partial charge in [-0.25, -0.2) is 4.98 Å². The number of carbonyl (C=O) groups is 1. The minimum Gasteiger partial charge on any atom is -0.324 e. The molecule has 0 spiro atoms. The van der Waals surface area contributed by atoms with Crippen LogP contribution in [-0.2, 0) is 4.79 Å². The van der Waals surface area contributed by atoms with E-state index in [2.05, 4.69) is 21.4 Å². The largest absolute Gasteiger partial charge is 0.324 e. The number of fused-ring (bicyclic) bond motifs is 1. The van der Waals surface area contributed by atoms with Crippen molar-refractivity contribution in [2.24, 2.45) is 0 Å². The van der Waals surface area contributed by atoms with E-state index in [4.69, 9.17) is 0 Å². The standard InChI is InChI=1S/C15H17N3O/c19-14(10-11-6-2-1-3-7-11)18-15-16-12-8-4-5-9-13(12)17-15/h4-6,8-9H,1-3,7,10H2,(H2,16,17,18,19). The van der Waals surface area contributed by atoms with E-state index in [0.29, 0.717) is 12.4 Å². The molecule has 0 atom stereocenters. The molecule has 98 valence electrons. The topological polar surface area (TPSA) is 57.8 Å². The minimum absolute atomic E-state index is 0.00667. The molecule has 0 bridgehead atoms. The number of allylic oxidation sites excluding steroid dienone is 1. The SMILES string of the molecule is O=C(CC1=CCCCC1)Nc1nc2ccccc2[nH]1. The van der Waals surface area contributed by atoms with Gasteiger partial charge in [-0.1, -0.05) is 23.8 Å². The Hall–Kier alpha value is -2.10. The molecule has 0 saturated carbocycles. The molecule has 0 unspecified atom stereocenters. The number of anilines is 1. The molecule has 0 saturated heterocycles. The molecule has 1 heterocycles. The van der Waals surface area contributed by atoms with Gasteiger partial charge in [0, 0.05) is 6.42 Å². The van der Waals surface area contributed by atoms with Crippen LogP contribution in [-0.4, -0.2) is 15.9 Å². The summed E-state index contributed by atoms with van der Waals surface area (Å²) in [4.78, 5) is 19.4. The van der Waals surface area contributed by atoms with E-state index in [9.17, 15) is 4.79 Å². The molecule has 3 rings (SSSR count). The maximum atomic E-state index is 11.9. The van der Waals surface area contributed by atoms with Crippen molar-refractivity contribution in [2.75, 3.05) is 5.32 Å². The average Bonchev–Trinajstić information content (AvgIpc) is 2.81. The molecule has 2 N–H and O–H groups in total. The van der Waals surface area contributed by atoms with Gasteiger partial charge in [0.25, 0.3) is 0 Å². The quantitative estimate of drug-likeness (QED) is 0.826. The highest BCUT2D eigenvalue weighted by molar-refractivity contribution is 5.92. The highest BCUT2D eigenvalue weighted by Gasteiger charge is 2.11. The monoisotopic (exact) mass is 255 g/mol. The first-order chi connectivity index (χ1) is 9.31. The zero-order valence-corrected chi connectivity index (χ0v) is 10.8. The normalized spacial score (nSPS) is 15.3. The van der Waals surface area contributed by atoms with Gasteiger partial charge in [-0.05, 0) is 37.8 Å². The third kappa shape index (κ3) is 2.84. The van der Waals surface area contributed by atoms with Crippen molar-refractivity contribution >= 4 is 22.9 Å². The molecule has 1 aliphatic rings. The highest BCUT2D eigenvalue weighted by atomic mass is 16.1. The van der Waals surface area contributed by atoms with Gasteiger partial charge in [0.15, 0.2) is 0 Å². The third-order valence-corrected chi connectivity index (χ3v) is 3.42. The molecule has 4 heteroatoms. The Bertz CT molecular complexity index is 594. The fourth-order valence-electron chi connectivity index (χ4n) is 2.46.